The Kier molecular flexibility index (Phi) is 3.67. The molecule has 0 amide bonds. The van der Waals surface area contributed by atoms with E-state index in [2.05, 4.69) is 38.7 Å². The second-order valence-corrected chi connectivity index (χ2v) is 5.50. The highest BCUT2D eigenvalue weighted by atomic mass is 15.1. The van der Waals surface area contributed by atoms with Crippen LogP contribution in [0.15, 0.2) is 18.2 Å². The number of nitrogen functional groups attached to an aromatic ring is 1. The predicted molar refractivity (Wildman–Crippen MR) is 72.9 cm³/mol. The molecule has 0 aliphatic carbocycles. The molecule has 3 nitrogen and oxygen atoms in total. The summed E-state index contributed by atoms with van der Waals surface area (Å²) in [7, 11) is 2.02. The summed E-state index contributed by atoms with van der Waals surface area (Å²) in [5.74, 6) is 0. The van der Waals surface area contributed by atoms with Crippen LogP contribution >= 0.6 is 0 Å². The molecule has 0 heterocycles. The molecule has 0 radical (unpaired) electrons. The van der Waals surface area contributed by atoms with Gasteiger partial charge in [0.15, 0.2) is 0 Å². The maximum Gasteiger partial charge on any atom is 0.101 e. The van der Waals surface area contributed by atoms with Crippen LogP contribution < -0.4 is 10.6 Å². The Morgan fingerprint density at radius 2 is 1.94 bits per heavy atom. The predicted octanol–water partition coefficient (Wildman–Crippen LogP) is 3.01. The minimum absolute atomic E-state index is 0.157. The number of nitrogens with zero attached hydrogens (tertiary/aromatic N) is 2. The van der Waals surface area contributed by atoms with E-state index in [1.807, 2.05) is 19.2 Å². The Bertz CT molecular complexity index is 438. The second kappa shape index (κ2) is 4.67. The van der Waals surface area contributed by atoms with E-state index in [0.717, 1.165) is 5.69 Å². The monoisotopic (exact) mass is 231 g/mol. The number of benzene rings is 1. The number of nitriles is 1. The van der Waals surface area contributed by atoms with E-state index < -0.39 is 0 Å². The third kappa shape index (κ3) is 2.71. The highest BCUT2D eigenvalue weighted by Crippen LogP contribution is 2.32. The third-order valence-corrected chi connectivity index (χ3v) is 3.42. The van der Waals surface area contributed by atoms with E-state index >= 15 is 0 Å². The van der Waals surface area contributed by atoms with E-state index in [-0.39, 0.29) is 5.41 Å². The van der Waals surface area contributed by atoms with Gasteiger partial charge in [0.25, 0.3) is 0 Å². The summed E-state index contributed by atoms with van der Waals surface area (Å²) in [4.78, 5) is 2.14. The van der Waals surface area contributed by atoms with Crippen molar-refractivity contribution in [2.24, 2.45) is 5.41 Å². The zero-order chi connectivity index (χ0) is 13.2. The molecule has 1 rings (SSSR count). The molecule has 2 N–H and O–H groups in total. The topological polar surface area (TPSA) is 53.0 Å². The minimum Gasteiger partial charge on any atom is -0.396 e. The van der Waals surface area contributed by atoms with Crippen molar-refractivity contribution in [3.05, 3.63) is 23.8 Å². The highest BCUT2D eigenvalue weighted by molar-refractivity contribution is 5.74. The van der Waals surface area contributed by atoms with Gasteiger partial charge < -0.3 is 10.6 Å². The zero-order valence-electron chi connectivity index (χ0n) is 11.3. The second-order valence-electron chi connectivity index (χ2n) is 5.50. The fraction of sp³-hybridized carbons (Fsp3) is 0.500. The van der Waals surface area contributed by atoms with Crippen molar-refractivity contribution in [3.8, 4) is 6.07 Å². The van der Waals surface area contributed by atoms with E-state index in [9.17, 15) is 0 Å². The standard InChI is InChI=1S/C14H21N3/c1-10(14(2,3)4)17(5)12-8-6-7-11(9-15)13(12)16/h6-8,10H,16H2,1-5H3. The molecule has 0 aliphatic heterocycles. The van der Waals surface area contributed by atoms with Crippen molar-refractivity contribution in [2.75, 3.05) is 17.7 Å². The molecule has 0 spiro atoms. The summed E-state index contributed by atoms with van der Waals surface area (Å²) in [6.45, 7) is 8.74. The van der Waals surface area contributed by atoms with Crippen LogP contribution in [0.5, 0.6) is 0 Å². The molecular weight excluding hydrogens is 210 g/mol. The summed E-state index contributed by atoms with van der Waals surface area (Å²) in [5, 5.41) is 8.97. The maximum absolute atomic E-state index is 8.97. The Hall–Kier alpha value is -1.69. The van der Waals surface area contributed by atoms with Gasteiger partial charge in [-0.3, -0.25) is 0 Å². The molecule has 92 valence electrons. The Labute approximate surface area is 104 Å². The van der Waals surface area contributed by atoms with Crippen LogP contribution in [-0.4, -0.2) is 13.1 Å². The van der Waals surface area contributed by atoms with Crippen LogP contribution in [0.2, 0.25) is 0 Å². The zero-order valence-corrected chi connectivity index (χ0v) is 11.3. The molecule has 0 aliphatic rings. The minimum atomic E-state index is 0.157. The summed E-state index contributed by atoms with van der Waals surface area (Å²) in [5.41, 5.74) is 8.19. The number of hydrogen-bond acceptors (Lipinski definition) is 3. The van der Waals surface area contributed by atoms with E-state index in [1.165, 1.54) is 0 Å². The average molecular weight is 231 g/mol. The first kappa shape index (κ1) is 13.4. The van der Waals surface area contributed by atoms with Gasteiger partial charge in [0.1, 0.15) is 6.07 Å². The first-order chi connectivity index (χ1) is 7.79. The van der Waals surface area contributed by atoms with Gasteiger partial charge in [-0.15, -0.1) is 0 Å². The molecule has 1 unspecified atom stereocenters. The quantitative estimate of drug-likeness (QED) is 0.796. The number of nitrogens with two attached hydrogens (primary N) is 1. The summed E-state index contributed by atoms with van der Waals surface area (Å²) in [6.07, 6.45) is 0. The Morgan fingerprint density at radius 1 is 1.35 bits per heavy atom. The third-order valence-electron chi connectivity index (χ3n) is 3.42. The van der Waals surface area contributed by atoms with Crippen LogP contribution in [0.3, 0.4) is 0 Å². The number of para-hydroxylation sites is 1. The first-order valence-corrected chi connectivity index (χ1v) is 5.80. The van der Waals surface area contributed by atoms with Gasteiger partial charge in [0.05, 0.1) is 16.9 Å². The van der Waals surface area contributed by atoms with E-state index in [0.29, 0.717) is 17.3 Å². The fourth-order valence-corrected chi connectivity index (χ4v) is 1.75. The van der Waals surface area contributed by atoms with Gasteiger partial charge in [-0.2, -0.15) is 5.26 Å². The van der Waals surface area contributed by atoms with Crippen LogP contribution in [-0.2, 0) is 0 Å². The van der Waals surface area contributed by atoms with Crippen LogP contribution in [0, 0.1) is 16.7 Å². The van der Waals surface area contributed by atoms with Crippen LogP contribution in [0.1, 0.15) is 33.3 Å². The molecule has 1 aromatic carbocycles. The summed E-state index contributed by atoms with van der Waals surface area (Å²) >= 11 is 0. The fourth-order valence-electron chi connectivity index (χ4n) is 1.75. The smallest absolute Gasteiger partial charge is 0.101 e. The van der Waals surface area contributed by atoms with Gasteiger partial charge in [0.2, 0.25) is 0 Å². The lowest BCUT2D eigenvalue weighted by molar-refractivity contribution is 0.330. The molecule has 1 atom stereocenters. The largest absolute Gasteiger partial charge is 0.396 e. The normalized spacial score (nSPS) is 12.9. The van der Waals surface area contributed by atoms with Crippen LogP contribution in [0.25, 0.3) is 0 Å². The Morgan fingerprint density at radius 3 is 2.41 bits per heavy atom. The van der Waals surface area contributed by atoms with Crippen molar-refractivity contribution < 1.29 is 0 Å². The van der Waals surface area contributed by atoms with E-state index in [1.54, 1.807) is 6.07 Å². The molecule has 0 saturated carbocycles. The molecular formula is C14H21N3. The molecule has 0 bridgehead atoms. The van der Waals surface area contributed by atoms with Gasteiger partial charge in [-0.05, 0) is 24.5 Å². The van der Waals surface area contributed by atoms with Gasteiger partial charge in [0, 0.05) is 13.1 Å². The molecule has 0 aromatic heterocycles. The molecule has 0 fully saturated rings. The molecule has 3 heteroatoms. The summed E-state index contributed by atoms with van der Waals surface area (Å²) in [6, 6.07) is 8.02. The van der Waals surface area contributed by atoms with E-state index in [4.69, 9.17) is 11.0 Å². The molecule has 1 aromatic rings. The lowest BCUT2D eigenvalue weighted by atomic mass is 9.87. The number of rotatable bonds is 2. The highest BCUT2D eigenvalue weighted by Gasteiger charge is 2.25. The lowest BCUT2D eigenvalue weighted by Crippen LogP contribution is -2.39. The van der Waals surface area contributed by atoms with Crippen molar-refractivity contribution >= 4 is 11.4 Å². The lowest BCUT2D eigenvalue weighted by Gasteiger charge is -2.37. The van der Waals surface area contributed by atoms with Gasteiger partial charge in [-0.1, -0.05) is 26.8 Å². The number of hydrogen-bond donors (Lipinski definition) is 1. The molecule has 0 saturated heterocycles. The van der Waals surface area contributed by atoms with Gasteiger partial charge in [-0.25, -0.2) is 0 Å². The van der Waals surface area contributed by atoms with Gasteiger partial charge >= 0.3 is 0 Å². The van der Waals surface area contributed by atoms with Crippen LogP contribution in [0.4, 0.5) is 11.4 Å². The maximum atomic E-state index is 8.97. The van der Waals surface area contributed by atoms with Crippen molar-refractivity contribution in [2.45, 2.75) is 33.7 Å². The SMILES string of the molecule is CC(N(C)c1cccc(C#N)c1N)C(C)(C)C. The first-order valence-electron chi connectivity index (χ1n) is 5.80. The molecule has 17 heavy (non-hydrogen) atoms. The van der Waals surface area contributed by atoms with Crippen molar-refractivity contribution in [1.29, 1.82) is 5.26 Å². The Balaban J connectivity index is 3.14. The average Bonchev–Trinajstić information content (AvgIpc) is 2.26. The number of anilines is 2. The van der Waals surface area contributed by atoms with Crippen molar-refractivity contribution in [1.82, 2.24) is 0 Å². The van der Waals surface area contributed by atoms with Crippen molar-refractivity contribution in [3.63, 3.8) is 0 Å². The summed E-state index contributed by atoms with van der Waals surface area (Å²) < 4.78 is 0.